The van der Waals surface area contributed by atoms with Crippen LogP contribution < -0.4 is 4.74 Å². The molecule has 0 saturated carbocycles. The van der Waals surface area contributed by atoms with Gasteiger partial charge in [0.15, 0.2) is 16.7 Å². The van der Waals surface area contributed by atoms with E-state index >= 15 is 0 Å². The van der Waals surface area contributed by atoms with E-state index in [-0.39, 0.29) is 6.10 Å². The van der Waals surface area contributed by atoms with Gasteiger partial charge in [-0.15, -0.1) is 0 Å². The largest absolute Gasteiger partial charge is 0.481 e. The fraction of sp³-hybridized carbons (Fsp3) is 0.333. The maximum Gasteiger partial charge on any atom is 0.195 e. The molecule has 1 N–H and O–H groups in total. The molecule has 2 rings (SSSR count). The van der Waals surface area contributed by atoms with Crippen molar-refractivity contribution in [3.8, 4) is 5.75 Å². The van der Waals surface area contributed by atoms with Gasteiger partial charge in [-0.1, -0.05) is 23.2 Å². The van der Waals surface area contributed by atoms with E-state index in [4.69, 9.17) is 40.2 Å². The van der Waals surface area contributed by atoms with Crippen LogP contribution in [0.1, 0.15) is 25.8 Å². The fourth-order valence-electron chi connectivity index (χ4n) is 1.76. The molecule has 1 aromatic heterocycles. The number of nitrogens with one attached hydrogen (secondary N) is 1. The van der Waals surface area contributed by atoms with Crippen molar-refractivity contribution >= 4 is 35.4 Å². The number of rotatable bonds is 4. The molecular weight excluding hydrogens is 305 g/mol. The average molecular weight is 318 g/mol. The highest BCUT2D eigenvalue weighted by atomic mass is 35.5. The van der Waals surface area contributed by atoms with Crippen molar-refractivity contribution in [3.63, 3.8) is 0 Å². The first-order valence-electron chi connectivity index (χ1n) is 5.79. The predicted octanol–water partition coefficient (Wildman–Crippen LogP) is 4.41. The molecule has 0 aliphatic heterocycles. The van der Waals surface area contributed by atoms with E-state index in [1.807, 2.05) is 18.4 Å². The van der Waals surface area contributed by atoms with Crippen LogP contribution in [0, 0.1) is 4.77 Å². The van der Waals surface area contributed by atoms with Gasteiger partial charge in [0, 0.05) is 17.6 Å². The lowest BCUT2D eigenvalue weighted by atomic mass is 10.3. The molecule has 7 heteroatoms. The van der Waals surface area contributed by atoms with Gasteiger partial charge in [-0.05, 0) is 38.2 Å². The van der Waals surface area contributed by atoms with Crippen molar-refractivity contribution in [2.75, 3.05) is 0 Å². The van der Waals surface area contributed by atoms with Gasteiger partial charge < -0.3 is 9.30 Å². The fourth-order valence-corrected chi connectivity index (χ4v) is 2.35. The Hall–Kier alpha value is -1.04. The van der Waals surface area contributed by atoms with Gasteiger partial charge in [0.05, 0.1) is 5.02 Å². The average Bonchev–Trinajstić information content (AvgIpc) is 2.75. The summed E-state index contributed by atoms with van der Waals surface area (Å²) >= 11 is 17.1. The quantitative estimate of drug-likeness (QED) is 0.849. The van der Waals surface area contributed by atoms with Crippen LogP contribution in [0.25, 0.3) is 0 Å². The monoisotopic (exact) mass is 317 g/mol. The molecule has 1 aromatic carbocycles. The van der Waals surface area contributed by atoms with Crippen LogP contribution >= 0.6 is 35.4 Å². The molecule has 0 bridgehead atoms. The van der Waals surface area contributed by atoms with Crippen LogP contribution in [-0.4, -0.2) is 14.8 Å². The second-order valence-corrected chi connectivity index (χ2v) is 5.20. The Kier molecular flexibility index (Phi) is 4.50. The number of nitrogens with zero attached hydrogens (tertiary/aromatic N) is 2. The molecule has 0 radical (unpaired) electrons. The Morgan fingerprint density at radius 2 is 2.21 bits per heavy atom. The molecule has 0 amide bonds. The number of ether oxygens (including phenoxy) is 1. The van der Waals surface area contributed by atoms with Gasteiger partial charge in [0.25, 0.3) is 0 Å². The van der Waals surface area contributed by atoms with Crippen LogP contribution in [0.3, 0.4) is 0 Å². The van der Waals surface area contributed by atoms with Crippen LogP contribution in [-0.2, 0) is 6.54 Å². The third-order valence-corrected chi connectivity index (χ3v) is 3.52. The Labute approximate surface area is 126 Å². The van der Waals surface area contributed by atoms with Crippen molar-refractivity contribution in [3.05, 3.63) is 38.8 Å². The Balaban J connectivity index is 2.27. The molecule has 0 aliphatic carbocycles. The summed E-state index contributed by atoms with van der Waals surface area (Å²) in [7, 11) is 0. The van der Waals surface area contributed by atoms with Gasteiger partial charge in [0.2, 0.25) is 0 Å². The number of halogens is 2. The molecule has 0 spiro atoms. The van der Waals surface area contributed by atoms with Gasteiger partial charge in [-0.3, -0.25) is 5.10 Å². The zero-order chi connectivity index (χ0) is 14.0. The molecule has 1 heterocycles. The highest BCUT2D eigenvalue weighted by Crippen LogP contribution is 2.31. The number of hydrogen-bond donors (Lipinski definition) is 1. The van der Waals surface area contributed by atoms with E-state index in [2.05, 4.69) is 10.2 Å². The third kappa shape index (κ3) is 3.11. The second-order valence-electron chi connectivity index (χ2n) is 3.97. The van der Waals surface area contributed by atoms with Crippen LogP contribution in [0.4, 0.5) is 0 Å². The third-order valence-electron chi connectivity index (χ3n) is 2.66. The van der Waals surface area contributed by atoms with Crippen LogP contribution in [0.15, 0.2) is 18.2 Å². The summed E-state index contributed by atoms with van der Waals surface area (Å²) in [5.41, 5.74) is 0. The number of aromatic amines is 1. The Morgan fingerprint density at radius 3 is 2.89 bits per heavy atom. The predicted molar refractivity (Wildman–Crippen MR) is 78.6 cm³/mol. The van der Waals surface area contributed by atoms with E-state index in [1.54, 1.807) is 18.2 Å². The number of hydrogen-bond acceptors (Lipinski definition) is 3. The topological polar surface area (TPSA) is 42.8 Å². The van der Waals surface area contributed by atoms with Crippen LogP contribution in [0.5, 0.6) is 5.75 Å². The first-order chi connectivity index (χ1) is 9.02. The lowest BCUT2D eigenvalue weighted by Gasteiger charge is -2.15. The molecule has 2 aromatic rings. The summed E-state index contributed by atoms with van der Waals surface area (Å²) < 4.78 is 8.25. The number of H-pyrrole nitrogens is 1. The van der Waals surface area contributed by atoms with Gasteiger partial charge in [-0.2, -0.15) is 5.10 Å². The highest BCUT2D eigenvalue weighted by Gasteiger charge is 2.16. The molecule has 0 fully saturated rings. The highest BCUT2D eigenvalue weighted by molar-refractivity contribution is 7.71. The first kappa shape index (κ1) is 14.4. The summed E-state index contributed by atoms with van der Waals surface area (Å²) in [6.45, 7) is 4.60. The second kappa shape index (κ2) is 5.94. The van der Waals surface area contributed by atoms with E-state index in [0.29, 0.717) is 20.6 Å². The summed E-state index contributed by atoms with van der Waals surface area (Å²) in [6.07, 6.45) is -0.288. The number of benzene rings is 1. The minimum absolute atomic E-state index is 0.288. The zero-order valence-corrected chi connectivity index (χ0v) is 12.8. The lowest BCUT2D eigenvalue weighted by Crippen LogP contribution is -2.11. The number of aromatic nitrogens is 3. The molecule has 4 nitrogen and oxygen atoms in total. The zero-order valence-electron chi connectivity index (χ0n) is 10.5. The van der Waals surface area contributed by atoms with Gasteiger partial charge >= 0.3 is 0 Å². The van der Waals surface area contributed by atoms with E-state index < -0.39 is 0 Å². The molecule has 1 atom stereocenters. The normalized spacial score (nSPS) is 12.4. The van der Waals surface area contributed by atoms with Crippen molar-refractivity contribution in [2.24, 2.45) is 0 Å². The molecule has 0 unspecified atom stereocenters. The Bertz CT molecular complexity index is 638. The van der Waals surface area contributed by atoms with Gasteiger partial charge in [-0.25, -0.2) is 0 Å². The van der Waals surface area contributed by atoms with E-state index in [0.717, 1.165) is 12.4 Å². The SMILES string of the molecule is CCn1c([C@H](C)Oc2cc(Cl)ccc2Cl)n[nH]c1=S. The van der Waals surface area contributed by atoms with E-state index in [9.17, 15) is 0 Å². The molecule has 0 aliphatic rings. The first-order valence-corrected chi connectivity index (χ1v) is 6.96. The molecular formula is C12H13Cl2N3OS. The maximum atomic E-state index is 6.07. The van der Waals surface area contributed by atoms with Crippen molar-refractivity contribution < 1.29 is 4.74 Å². The summed E-state index contributed by atoms with van der Waals surface area (Å²) in [4.78, 5) is 0. The Morgan fingerprint density at radius 1 is 1.47 bits per heavy atom. The summed E-state index contributed by atoms with van der Waals surface area (Å²) in [5.74, 6) is 1.25. The maximum absolute atomic E-state index is 6.07. The van der Waals surface area contributed by atoms with E-state index in [1.165, 1.54) is 0 Å². The van der Waals surface area contributed by atoms with Gasteiger partial charge in [0.1, 0.15) is 5.75 Å². The van der Waals surface area contributed by atoms with Crippen molar-refractivity contribution in [1.82, 2.24) is 14.8 Å². The minimum Gasteiger partial charge on any atom is -0.481 e. The smallest absolute Gasteiger partial charge is 0.195 e. The molecule has 102 valence electrons. The van der Waals surface area contributed by atoms with Crippen LogP contribution in [0.2, 0.25) is 10.0 Å². The van der Waals surface area contributed by atoms with Crippen molar-refractivity contribution in [1.29, 1.82) is 0 Å². The summed E-state index contributed by atoms with van der Waals surface area (Å²) in [6, 6.07) is 5.09. The lowest BCUT2D eigenvalue weighted by molar-refractivity contribution is 0.211. The molecule has 19 heavy (non-hydrogen) atoms. The minimum atomic E-state index is -0.288. The standard InChI is InChI=1S/C12H13Cl2N3OS/c1-3-17-11(15-16-12(17)19)7(2)18-10-6-8(13)4-5-9(10)14/h4-7H,3H2,1-2H3,(H,16,19)/t7-/m0/s1. The summed E-state index contributed by atoms with van der Waals surface area (Å²) in [5, 5.41) is 8.02. The molecule has 0 saturated heterocycles. The van der Waals surface area contributed by atoms with Crippen molar-refractivity contribution in [2.45, 2.75) is 26.5 Å².